The lowest BCUT2D eigenvalue weighted by atomic mass is 9.83. The number of carbonyl (C=O) groups is 6. The van der Waals surface area contributed by atoms with Crippen LogP contribution in [0.1, 0.15) is 177 Å². The topological polar surface area (TPSA) is 188 Å². The van der Waals surface area contributed by atoms with Crippen molar-refractivity contribution in [3.05, 3.63) is 70.8 Å². The van der Waals surface area contributed by atoms with Gasteiger partial charge in [-0.25, -0.2) is 0 Å². The Hall–Kier alpha value is -5.44. The highest BCUT2D eigenvalue weighted by molar-refractivity contribution is 5.94. The standard InChI is InChI=1S/C59H85N7O8/c1-5-38(2)54(67)63-52(40-20-8-6-9-21-40)58(71)65-34-18-30-48(65)56(69)61-46-28-14-26-44-42(46)24-16-32-50(44)73-36-12-13-37-74-51-33-17-25-43-45(51)27-15-29-47(43)62-57(70)49-31-19-35-66(49)59(72)53(41-22-10-7-11-23-41)64-55(68)39(3)60-4/h12-13,16-17,24-25,32-33,38-41,46-49,52-53,60H,5-11,14-15,18-23,26-31,34-37H2,1-4H3,(H,61,69)(H,62,70)(H,63,67)(H,64,68)/b13-12+/t38-,39+,46-,47-,48+,49+,52+,53+/m1/s1. The molecular formula is C59H85N7O8. The first-order chi connectivity index (χ1) is 36.0. The zero-order valence-corrected chi connectivity index (χ0v) is 44.7. The number of likely N-dealkylation sites (tertiary alicyclic amines) is 2. The fraction of sp³-hybridized carbons (Fsp3) is 0.661. The molecule has 8 atom stereocenters. The minimum atomic E-state index is -0.641. The highest BCUT2D eigenvalue weighted by atomic mass is 16.5. The number of carbonyl (C=O) groups excluding carboxylic acids is 6. The normalized spacial score (nSPS) is 23.9. The Bertz CT molecular complexity index is 2150. The molecule has 74 heavy (non-hydrogen) atoms. The van der Waals surface area contributed by atoms with E-state index in [4.69, 9.17) is 9.47 Å². The Labute approximate surface area is 439 Å². The van der Waals surface area contributed by atoms with E-state index in [0.717, 1.165) is 149 Å². The third kappa shape index (κ3) is 13.1. The van der Waals surface area contributed by atoms with E-state index in [1.165, 1.54) is 0 Å². The first-order valence-electron chi connectivity index (χ1n) is 28.6. The van der Waals surface area contributed by atoms with Crippen LogP contribution in [-0.2, 0) is 41.6 Å². The number of hydrogen-bond donors (Lipinski definition) is 5. The summed E-state index contributed by atoms with van der Waals surface area (Å²) in [5.74, 6) is 0.717. The van der Waals surface area contributed by atoms with Gasteiger partial charge in [0.2, 0.25) is 35.4 Å². The Morgan fingerprint density at radius 2 is 1.03 bits per heavy atom. The molecule has 404 valence electrons. The number of ether oxygens (including phenoxy) is 2. The number of hydrogen-bond acceptors (Lipinski definition) is 9. The van der Waals surface area contributed by atoms with Gasteiger partial charge in [-0.2, -0.15) is 0 Å². The van der Waals surface area contributed by atoms with Crippen LogP contribution < -0.4 is 36.1 Å². The molecule has 6 amide bonds. The zero-order chi connectivity index (χ0) is 52.1. The van der Waals surface area contributed by atoms with Gasteiger partial charge >= 0.3 is 0 Å². The van der Waals surface area contributed by atoms with Crippen LogP contribution in [0.15, 0.2) is 48.6 Å². The van der Waals surface area contributed by atoms with Gasteiger partial charge in [0.15, 0.2) is 0 Å². The maximum absolute atomic E-state index is 14.3. The predicted molar refractivity (Wildman–Crippen MR) is 285 cm³/mol. The van der Waals surface area contributed by atoms with Crippen molar-refractivity contribution in [3.8, 4) is 11.5 Å². The SMILES string of the molecule is CC[C@@H](C)C(=O)N[C@H](C(=O)N1CCC[C@H]1C(=O)N[C@@H]1CCCc2c(OC/C=C/COc3cccc4c3CCC[C@H]4NC(=O)[C@@H]3CCCN3C(=O)[C@@H](NC(=O)[C@H](C)NC)C3CCCCC3)cccc21)C1CCCCC1. The van der Waals surface area contributed by atoms with Crippen molar-refractivity contribution in [2.24, 2.45) is 17.8 Å². The molecule has 6 aliphatic rings. The highest BCUT2D eigenvalue weighted by Crippen LogP contribution is 2.38. The highest BCUT2D eigenvalue weighted by Gasteiger charge is 2.44. The summed E-state index contributed by atoms with van der Waals surface area (Å²) in [6, 6.07) is 8.83. The maximum atomic E-state index is 14.3. The van der Waals surface area contributed by atoms with Crippen LogP contribution in [0.25, 0.3) is 0 Å². The van der Waals surface area contributed by atoms with Crippen molar-refractivity contribution < 1.29 is 38.2 Å². The van der Waals surface area contributed by atoms with Gasteiger partial charge in [0, 0.05) is 19.0 Å². The van der Waals surface area contributed by atoms with Crippen LogP contribution in [0.4, 0.5) is 0 Å². The molecule has 15 heteroatoms. The lowest BCUT2D eigenvalue weighted by Gasteiger charge is -2.36. The second kappa shape index (κ2) is 26.4. The van der Waals surface area contributed by atoms with Gasteiger partial charge in [-0.15, -0.1) is 0 Å². The molecule has 0 bridgehead atoms. The van der Waals surface area contributed by atoms with E-state index in [1.54, 1.807) is 23.8 Å². The van der Waals surface area contributed by atoms with E-state index < -0.39 is 30.2 Å². The average Bonchev–Trinajstić information content (AvgIpc) is 4.14. The summed E-state index contributed by atoms with van der Waals surface area (Å²) in [7, 11) is 1.73. The van der Waals surface area contributed by atoms with Crippen molar-refractivity contribution in [1.29, 1.82) is 0 Å². The van der Waals surface area contributed by atoms with Gasteiger partial charge in [0.05, 0.1) is 18.1 Å². The Morgan fingerprint density at radius 1 is 0.581 bits per heavy atom. The van der Waals surface area contributed by atoms with Crippen molar-refractivity contribution >= 4 is 35.4 Å². The first-order valence-corrected chi connectivity index (χ1v) is 28.6. The number of benzene rings is 2. The molecule has 15 nitrogen and oxygen atoms in total. The molecule has 2 heterocycles. The molecule has 2 aliphatic heterocycles. The van der Waals surface area contributed by atoms with Crippen LogP contribution in [0.2, 0.25) is 0 Å². The molecule has 0 radical (unpaired) electrons. The van der Waals surface area contributed by atoms with Gasteiger partial charge in [-0.3, -0.25) is 28.8 Å². The van der Waals surface area contributed by atoms with Crippen molar-refractivity contribution in [3.63, 3.8) is 0 Å². The first kappa shape index (κ1) is 54.8. The van der Waals surface area contributed by atoms with Gasteiger partial charge in [-0.05, 0) is 169 Å². The van der Waals surface area contributed by atoms with Gasteiger partial charge in [0.25, 0.3) is 0 Å². The van der Waals surface area contributed by atoms with Crippen LogP contribution in [0.5, 0.6) is 11.5 Å². The maximum Gasteiger partial charge on any atom is 0.246 e. The van der Waals surface area contributed by atoms with Gasteiger partial charge in [0.1, 0.15) is 48.9 Å². The number of rotatable bonds is 20. The van der Waals surface area contributed by atoms with Crippen molar-refractivity contribution in [2.75, 3.05) is 33.4 Å². The number of likely N-dealkylation sites (N-methyl/N-ethyl adjacent to an activating group) is 1. The second-order valence-electron chi connectivity index (χ2n) is 22.1. The third-order valence-electron chi connectivity index (χ3n) is 17.3. The smallest absolute Gasteiger partial charge is 0.246 e. The van der Waals surface area contributed by atoms with Crippen LogP contribution >= 0.6 is 0 Å². The number of nitrogens with one attached hydrogen (secondary N) is 5. The number of nitrogens with zero attached hydrogens (tertiary/aromatic N) is 2. The Morgan fingerprint density at radius 3 is 1.46 bits per heavy atom. The fourth-order valence-corrected chi connectivity index (χ4v) is 12.7. The zero-order valence-electron chi connectivity index (χ0n) is 44.7. The lowest BCUT2D eigenvalue weighted by Crippen LogP contribution is -2.58. The molecule has 5 N–H and O–H groups in total. The molecule has 2 saturated carbocycles. The van der Waals surface area contributed by atoms with E-state index >= 15 is 0 Å². The van der Waals surface area contributed by atoms with E-state index in [9.17, 15) is 28.8 Å². The molecule has 0 spiro atoms. The third-order valence-corrected chi connectivity index (χ3v) is 17.3. The summed E-state index contributed by atoms with van der Waals surface area (Å²) < 4.78 is 12.7. The molecular weight excluding hydrogens is 935 g/mol. The molecule has 0 aromatic heterocycles. The van der Waals surface area contributed by atoms with Gasteiger partial charge in [-0.1, -0.05) is 76.6 Å². The molecule has 4 aliphatic carbocycles. The minimum absolute atomic E-state index is 0.0582. The largest absolute Gasteiger partial charge is 0.489 e. The van der Waals surface area contributed by atoms with E-state index in [1.807, 2.05) is 50.3 Å². The van der Waals surface area contributed by atoms with E-state index in [-0.39, 0.29) is 65.3 Å². The monoisotopic (exact) mass is 1020 g/mol. The Balaban J connectivity index is 0.838. The quantitative estimate of drug-likeness (QED) is 0.0840. The van der Waals surface area contributed by atoms with E-state index in [0.29, 0.717) is 45.6 Å². The molecule has 0 unspecified atom stereocenters. The van der Waals surface area contributed by atoms with Crippen LogP contribution in [-0.4, -0.2) is 109 Å². The summed E-state index contributed by atoms with van der Waals surface area (Å²) in [4.78, 5) is 86.5. The Kier molecular flexibility index (Phi) is 19.5. The summed E-state index contributed by atoms with van der Waals surface area (Å²) in [6.45, 7) is 7.37. The molecule has 8 rings (SSSR count). The summed E-state index contributed by atoms with van der Waals surface area (Å²) in [5, 5.41) is 15.9. The van der Waals surface area contributed by atoms with Gasteiger partial charge < -0.3 is 45.9 Å². The van der Waals surface area contributed by atoms with Crippen molar-refractivity contribution in [2.45, 2.75) is 198 Å². The molecule has 2 aromatic carbocycles. The number of amides is 6. The molecule has 2 saturated heterocycles. The summed E-state index contributed by atoms with van der Waals surface area (Å²) in [5.41, 5.74) is 4.27. The predicted octanol–water partition coefficient (Wildman–Crippen LogP) is 7.45. The lowest BCUT2D eigenvalue weighted by molar-refractivity contribution is -0.143. The molecule has 4 fully saturated rings. The fourth-order valence-electron chi connectivity index (χ4n) is 12.7. The summed E-state index contributed by atoms with van der Waals surface area (Å²) >= 11 is 0. The molecule has 2 aromatic rings. The van der Waals surface area contributed by atoms with Crippen LogP contribution in [0.3, 0.4) is 0 Å². The van der Waals surface area contributed by atoms with Crippen molar-refractivity contribution in [1.82, 2.24) is 36.4 Å². The van der Waals surface area contributed by atoms with E-state index in [2.05, 4.69) is 38.7 Å². The second-order valence-corrected chi connectivity index (χ2v) is 22.1. The van der Waals surface area contributed by atoms with Crippen LogP contribution in [0, 0.1) is 17.8 Å². The minimum Gasteiger partial charge on any atom is -0.489 e. The number of fused-ring (bicyclic) bond motifs is 2. The summed E-state index contributed by atoms with van der Waals surface area (Å²) in [6.07, 6.45) is 22.4. The average molecular weight is 1020 g/mol.